The lowest BCUT2D eigenvalue weighted by atomic mass is 10.1. The summed E-state index contributed by atoms with van der Waals surface area (Å²) < 4.78 is 0. The number of likely N-dealkylation sites (N-methyl/N-ethyl adjacent to an activating group) is 1. The van der Waals surface area contributed by atoms with E-state index >= 15 is 0 Å². The lowest BCUT2D eigenvalue weighted by Crippen LogP contribution is -2.43. The molecule has 3 nitrogen and oxygen atoms in total. The van der Waals surface area contributed by atoms with Crippen molar-refractivity contribution in [2.75, 3.05) is 26.7 Å². The maximum absolute atomic E-state index is 4.03. The zero-order valence-electron chi connectivity index (χ0n) is 7.90. The summed E-state index contributed by atoms with van der Waals surface area (Å²) in [4.78, 5) is 6.41. The molecule has 3 heteroatoms. The van der Waals surface area contributed by atoms with Crippen LogP contribution in [0.5, 0.6) is 0 Å². The predicted octanol–water partition coefficient (Wildman–Crippen LogP) is 0.658. The van der Waals surface area contributed by atoms with E-state index in [1.807, 2.05) is 12.4 Å². The summed E-state index contributed by atoms with van der Waals surface area (Å²) in [7, 11) is 2.17. The molecule has 1 aromatic heterocycles. The molecule has 1 saturated heterocycles. The number of rotatable bonds is 1. The second-order valence-corrected chi connectivity index (χ2v) is 3.48. The molecule has 0 aliphatic carbocycles. The molecular weight excluding hydrogens is 162 g/mol. The molecule has 0 bridgehead atoms. The average molecular weight is 177 g/mol. The van der Waals surface area contributed by atoms with E-state index in [0.717, 1.165) is 19.6 Å². The Morgan fingerprint density at radius 3 is 2.92 bits per heavy atom. The van der Waals surface area contributed by atoms with Gasteiger partial charge < -0.3 is 5.32 Å². The highest BCUT2D eigenvalue weighted by atomic mass is 15.2. The molecule has 13 heavy (non-hydrogen) atoms. The van der Waals surface area contributed by atoms with E-state index in [4.69, 9.17) is 0 Å². The lowest BCUT2D eigenvalue weighted by molar-refractivity contribution is 0.202. The molecule has 2 rings (SSSR count). The minimum atomic E-state index is 0.511. The first kappa shape index (κ1) is 8.66. The number of hydrogen-bond donors (Lipinski definition) is 1. The largest absolute Gasteiger partial charge is 0.314 e. The summed E-state index contributed by atoms with van der Waals surface area (Å²) in [6, 6.07) is 4.69. The Bertz CT molecular complexity index is 260. The zero-order valence-corrected chi connectivity index (χ0v) is 7.90. The standard InChI is InChI=1S/C10H15N3/c1-13-7-6-12-8-10(13)9-2-4-11-5-3-9/h2-5,10,12H,6-8H2,1H3/t10-/m0/s1. The fourth-order valence-electron chi connectivity index (χ4n) is 1.76. The van der Waals surface area contributed by atoms with Gasteiger partial charge in [-0.05, 0) is 24.7 Å². The van der Waals surface area contributed by atoms with Gasteiger partial charge in [0, 0.05) is 38.1 Å². The van der Waals surface area contributed by atoms with Crippen LogP contribution in [-0.2, 0) is 0 Å². The second-order valence-electron chi connectivity index (χ2n) is 3.48. The van der Waals surface area contributed by atoms with E-state index in [-0.39, 0.29) is 0 Å². The van der Waals surface area contributed by atoms with Gasteiger partial charge in [0.05, 0.1) is 0 Å². The maximum Gasteiger partial charge on any atom is 0.0471 e. The molecule has 1 atom stereocenters. The molecule has 1 N–H and O–H groups in total. The molecule has 1 aliphatic heterocycles. The number of aromatic nitrogens is 1. The van der Waals surface area contributed by atoms with Crippen molar-refractivity contribution >= 4 is 0 Å². The number of nitrogens with zero attached hydrogens (tertiary/aromatic N) is 2. The molecule has 0 spiro atoms. The first-order valence-corrected chi connectivity index (χ1v) is 4.69. The van der Waals surface area contributed by atoms with Gasteiger partial charge in [-0.2, -0.15) is 0 Å². The fraction of sp³-hybridized carbons (Fsp3) is 0.500. The summed E-state index contributed by atoms with van der Waals surface area (Å²) in [6.07, 6.45) is 3.72. The van der Waals surface area contributed by atoms with Crippen molar-refractivity contribution in [3.8, 4) is 0 Å². The Hall–Kier alpha value is -0.930. The highest BCUT2D eigenvalue weighted by Crippen LogP contribution is 2.18. The molecule has 0 aromatic carbocycles. The highest BCUT2D eigenvalue weighted by molar-refractivity contribution is 5.16. The normalized spacial score (nSPS) is 24.5. The van der Waals surface area contributed by atoms with E-state index in [1.165, 1.54) is 5.56 Å². The zero-order chi connectivity index (χ0) is 9.10. The molecule has 70 valence electrons. The van der Waals surface area contributed by atoms with E-state index in [9.17, 15) is 0 Å². The Kier molecular flexibility index (Phi) is 2.57. The van der Waals surface area contributed by atoms with Crippen LogP contribution < -0.4 is 5.32 Å². The van der Waals surface area contributed by atoms with Gasteiger partial charge in [0.2, 0.25) is 0 Å². The quantitative estimate of drug-likeness (QED) is 0.683. The molecule has 1 fully saturated rings. The first-order valence-electron chi connectivity index (χ1n) is 4.69. The van der Waals surface area contributed by atoms with Crippen molar-refractivity contribution in [1.29, 1.82) is 0 Å². The summed E-state index contributed by atoms with van der Waals surface area (Å²) >= 11 is 0. The number of nitrogens with one attached hydrogen (secondary N) is 1. The van der Waals surface area contributed by atoms with E-state index < -0.39 is 0 Å². The number of pyridine rings is 1. The maximum atomic E-state index is 4.03. The minimum Gasteiger partial charge on any atom is -0.314 e. The number of hydrogen-bond acceptors (Lipinski definition) is 3. The summed E-state index contributed by atoms with van der Waals surface area (Å²) in [5.74, 6) is 0. The van der Waals surface area contributed by atoms with E-state index in [2.05, 4.69) is 34.4 Å². The SMILES string of the molecule is CN1CCNC[C@H]1c1ccncc1. The van der Waals surface area contributed by atoms with Crippen LogP contribution in [0.1, 0.15) is 11.6 Å². The Labute approximate surface area is 78.8 Å². The van der Waals surface area contributed by atoms with Crippen LogP contribution in [0.15, 0.2) is 24.5 Å². The van der Waals surface area contributed by atoms with Gasteiger partial charge in [0.15, 0.2) is 0 Å². The van der Waals surface area contributed by atoms with Crippen LogP contribution >= 0.6 is 0 Å². The highest BCUT2D eigenvalue weighted by Gasteiger charge is 2.19. The van der Waals surface area contributed by atoms with E-state index in [1.54, 1.807) is 0 Å². The molecule has 1 aliphatic rings. The van der Waals surface area contributed by atoms with Gasteiger partial charge in [-0.1, -0.05) is 0 Å². The Balaban J connectivity index is 2.15. The smallest absolute Gasteiger partial charge is 0.0471 e. The van der Waals surface area contributed by atoms with Crippen LogP contribution in [0, 0.1) is 0 Å². The van der Waals surface area contributed by atoms with Gasteiger partial charge in [0.1, 0.15) is 0 Å². The summed E-state index contributed by atoms with van der Waals surface area (Å²) in [6.45, 7) is 3.26. The third-order valence-electron chi connectivity index (χ3n) is 2.60. The molecule has 0 radical (unpaired) electrons. The first-order chi connectivity index (χ1) is 6.38. The predicted molar refractivity (Wildman–Crippen MR) is 52.5 cm³/mol. The van der Waals surface area contributed by atoms with Crippen molar-refractivity contribution in [1.82, 2.24) is 15.2 Å². The van der Waals surface area contributed by atoms with E-state index in [0.29, 0.717) is 6.04 Å². The van der Waals surface area contributed by atoms with Crippen LogP contribution in [-0.4, -0.2) is 36.6 Å². The third-order valence-corrected chi connectivity index (χ3v) is 2.60. The topological polar surface area (TPSA) is 28.2 Å². The Morgan fingerprint density at radius 2 is 2.23 bits per heavy atom. The monoisotopic (exact) mass is 177 g/mol. The van der Waals surface area contributed by atoms with Crippen molar-refractivity contribution in [2.45, 2.75) is 6.04 Å². The van der Waals surface area contributed by atoms with Crippen molar-refractivity contribution in [2.24, 2.45) is 0 Å². The van der Waals surface area contributed by atoms with Crippen LogP contribution in [0.3, 0.4) is 0 Å². The minimum absolute atomic E-state index is 0.511. The van der Waals surface area contributed by atoms with Gasteiger partial charge in [-0.25, -0.2) is 0 Å². The average Bonchev–Trinajstić information content (AvgIpc) is 2.20. The summed E-state index contributed by atoms with van der Waals surface area (Å²) in [5.41, 5.74) is 1.35. The fourth-order valence-corrected chi connectivity index (χ4v) is 1.76. The molecule has 0 amide bonds. The van der Waals surface area contributed by atoms with Gasteiger partial charge >= 0.3 is 0 Å². The van der Waals surface area contributed by atoms with Gasteiger partial charge in [-0.3, -0.25) is 9.88 Å². The van der Waals surface area contributed by atoms with Crippen molar-refractivity contribution in [3.05, 3.63) is 30.1 Å². The van der Waals surface area contributed by atoms with Crippen LogP contribution in [0.2, 0.25) is 0 Å². The van der Waals surface area contributed by atoms with Gasteiger partial charge in [-0.15, -0.1) is 0 Å². The lowest BCUT2D eigenvalue weighted by Gasteiger charge is -2.33. The molecule has 0 unspecified atom stereocenters. The Morgan fingerprint density at radius 1 is 1.46 bits per heavy atom. The number of piperazine rings is 1. The molecule has 0 saturated carbocycles. The van der Waals surface area contributed by atoms with Gasteiger partial charge in [0.25, 0.3) is 0 Å². The third kappa shape index (κ3) is 1.87. The summed E-state index contributed by atoms with van der Waals surface area (Å²) in [5, 5.41) is 3.40. The van der Waals surface area contributed by atoms with Crippen molar-refractivity contribution < 1.29 is 0 Å². The molecular formula is C10H15N3. The van der Waals surface area contributed by atoms with Crippen LogP contribution in [0.4, 0.5) is 0 Å². The van der Waals surface area contributed by atoms with Crippen LogP contribution in [0.25, 0.3) is 0 Å². The molecule has 2 heterocycles. The molecule has 1 aromatic rings. The van der Waals surface area contributed by atoms with Crippen molar-refractivity contribution in [3.63, 3.8) is 0 Å². The second kappa shape index (κ2) is 3.85.